The summed E-state index contributed by atoms with van der Waals surface area (Å²) in [6.45, 7) is 0. The smallest absolute Gasteiger partial charge is 0.304 e. The van der Waals surface area contributed by atoms with Crippen molar-refractivity contribution in [2.24, 2.45) is 0 Å². The normalized spacial score (nSPS) is 11.7. The van der Waals surface area contributed by atoms with E-state index in [1.807, 2.05) is 42.5 Å². The minimum Gasteiger partial charge on any atom is -0.497 e. The van der Waals surface area contributed by atoms with Gasteiger partial charge in [-0.3, -0.25) is 9.59 Å². The molecular formula is C19H20O4S. The van der Waals surface area contributed by atoms with Crippen LogP contribution in [0, 0.1) is 0 Å². The minimum absolute atomic E-state index is 0.0549. The minimum atomic E-state index is -0.828. The van der Waals surface area contributed by atoms with Crippen LogP contribution < -0.4 is 4.74 Å². The van der Waals surface area contributed by atoms with Crippen molar-refractivity contribution in [1.29, 1.82) is 0 Å². The average molecular weight is 344 g/mol. The third kappa shape index (κ3) is 5.42. The lowest BCUT2D eigenvalue weighted by molar-refractivity contribution is -0.136. The second kappa shape index (κ2) is 9.13. The van der Waals surface area contributed by atoms with Crippen molar-refractivity contribution in [3.63, 3.8) is 0 Å². The Kier molecular flexibility index (Phi) is 6.88. The van der Waals surface area contributed by atoms with Gasteiger partial charge in [0, 0.05) is 23.0 Å². The molecule has 5 heteroatoms. The van der Waals surface area contributed by atoms with Crippen molar-refractivity contribution < 1.29 is 19.4 Å². The van der Waals surface area contributed by atoms with Gasteiger partial charge in [-0.15, -0.1) is 0 Å². The van der Waals surface area contributed by atoms with E-state index in [1.165, 1.54) is 11.8 Å². The lowest BCUT2D eigenvalue weighted by Gasteiger charge is -2.16. The van der Waals surface area contributed by atoms with Gasteiger partial charge in [-0.2, -0.15) is 11.8 Å². The molecule has 1 atom stereocenters. The molecule has 4 nitrogen and oxygen atoms in total. The van der Waals surface area contributed by atoms with Crippen LogP contribution in [0.15, 0.2) is 54.6 Å². The number of benzene rings is 2. The van der Waals surface area contributed by atoms with E-state index in [9.17, 15) is 9.59 Å². The highest BCUT2D eigenvalue weighted by Crippen LogP contribution is 2.34. The number of ketones is 1. The molecular weight excluding hydrogens is 324 g/mol. The van der Waals surface area contributed by atoms with Gasteiger partial charge in [-0.1, -0.05) is 42.5 Å². The van der Waals surface area contributed by atoms with Crippen molar-refractivity contribution in [2.75, 3.05) is 12.9 Å². The number of Topliss-reactive ketones (excluding diaryl/α,β-unsaturated/α-hetero) is 1. The second-order valence-electron chi connectivity index (χ2n) is 5.27. The Morgan fingerprint density at radius 1 is 1.08 bits per heavy atom. The van der Waals surface area contributed by atoms with E-state index < -0.39 is 5.97 Å². The lowest BCUT2D eigenvalue weighted by Crippen LogP contribution is -2.07. The van der Waals surface area contributed by atoms with Crippen molar-refractivity contribution in [2.45, 2.75) is 18.1 Å². The number of hydrogen-bond donors (Lipinski definition) is 1. The highest BCUT2D eigenvalue weighted by atomic mass is 32.2. The fourth-order valence-electron chi connectivity index (χ4n) is 2.29. The molecule has 1 N–H and O–H groups in total. The monoisotopic (exact) mass is 344 g/mol. The second-order valence-corrected chi connectivity index (χ2v) is 6.58. The maximum Gasteiger partial charge on any atom is 0.304 e. The Balaban J connectivity index is 2.12. The van der Waals surface area contributed by atoms with Gasteiger partial charge in [-0.25, -0.2) is 0 Å². The number of carbonyl (C=O) groups is 2. The molecule has 0 bridgehead atoms. The lowest BCUT2D eigenvalue weighted by atomic mass is 10.0. The molecule has 0 aliphatic heterocycles. The maximum atomic E-state index is 12.5. The van der Waals surface area contributed by atoms with Crippen LogP contribution in [0.4, 0.5) is 0 Å². The van der Waals surface area contributed by atoms with Gasteiger partial charge in [0.05, 0.1) is 13.5 Å². The van der Waals surface area contributed by atoms with Gasteiger partial charge < -0.3 is 9.84 Å². The number of carboxylic acids is 1. The zero-order chi connectivity index (χ0) is 17.4. The van der Waals surface area contributed by atoms with Gasteiger partial charge in [0.25, 0.3) is 0 Å². The highest BCUT2D eigenvalue weighted by molar-refractivity contribution is 7.99. The fourth-order valence-corrected chi connectivity index (χ4v) is 3.49. The van der Waals surface area contributed by atoms with E-state index in [4.69, 9.17) is 9.84 Å². The van der Waals surface area contributed by atoms with Gasteiger partial charge in [0.2, 0.25) is 0 Å². The Morgan fingerprint density at radius 2 is 1.75 bits per heavy atom. The van der Waals surface area contributed by atoms with Crippen molar-refractivity contribution in [3.8, 4) is 5.75 Å². The summed E-state index contributed by atoms with van der Waals surface area (Å²) in [4.78, 5) is 23.2. The van der Waals surface area contributed by atoms with Crippen molar-refractivity contribution >= 4 is 23.5 Å². The first-order valence-electron chi connectivity index (χ1n) is 7.65. The molecule has 0 aliphatic rings. The number of ether oxygens (including phenoxy) is 1. The van der Waals surface area contributed by atoms with Crippen molar-refractivity contribution in [3.05, 3.63) is 65.7 Å². The quantitative estimate of drug-likeness (QED) is 0.690. The molecule has 0 heterocycles. The SMILES string of the molecule is COc1ccc(C(CC(=O)c2ccccc2)SCCC(=O)O)cc1. The van der Waals surface area contributed by atoms with Crippen LogP contribution in [0.25, 0.3) is 0 Å². The number of thioether (sulfide) groups is 1. The van der Waals surface area contributed by atoms with Crippen LogP contribution in [0.5, 0.6) is 5.75 Å². The molecule has 0 saturated heterocycles. The van der Waals surface area contributed by atoms with E-state index in [2.05, 4.69) is 0 Å². The molecule has 2 aromatic carbocycles. The van der Waals surface area contributed by atoms with Gasteiger partial charge in [0.15, 0.2) is 5.78 Å². The van der Waals surface area contributed by atoms with Gasteiger partial charge in [0.1, 0.15) is 5.75 Å². The highest BCUT2D eigenvalue weighted by Gasteiger charge is 2.18. The Morgan fingerprint density at radius 3 is 2.33 bits per heavy atom. The Bertz CT molecular complexity index is 668. The van der Waals surface area contributed by atoms with Gasteiger partial charge in [-0.05, 0) is 17.7 Å². The first-order valence-corrected chi connectivity index (χ1v) is 8.70. The number of rotatable bonds is 9. The third-order valence-electron chi connectivity index (χ3n) is 3.59. The van der Waals surface area contributed by atoms with E-state index in [0.717, 1.165) is 11.3 Å². The molecule has 2 rings (SSSR count). The number of methoxy groups -OCH3 is 1. The summed E-state index contributed by atoms with van der Waals surface area (Å²) in [6, 6.07) is 16.7. The number of hydrogen-bond acceptors (Lipinski definition) is 4. The molecule has 0 spiro atoms. The molecule has 0 aliphatic carbocycles. The zero-order valence-corrected chi connectivity index (χ0v) is 14.3. The molecule has 126 valence electrons. The summed E-state index contributed by atoms with van der Waals surface area (Å²) in [7, 11) is 1.60. The molecule has 2 aromatic rings. The Hall–Kier alpha value is -2.27. The average Bonchev–Trinajstić information content (AvgIpc) is 2.61. The largest absolute Gasteiger partial charge is 0.497 e. The summed E-state index contributed by atoms with van der Waals surface area (Å²) < 4.78 is 5.16. The van der Waals surface area contributed by atoms with E-state index >= 15 is 0 Å². The number of carboxylic acid groups (broad SMARTS) is 1. The van der Waals surface area contributed by atoms with Gasteiger partial charge >= 0.3 is 5.97 Å². The summed E-state index contributed by atoms with van der Waals surface area (Å²) in [6.07, 6.45) is 0.414. The van der Waals surface area contributed by atoms with E-state index in [1.54, 1.807) is 19.2 Å². The van der Waals surface area contributed by atoms with E-state index in [0.29, 0.717) is 17.7 Å². The summed E-state index contributed by atoms with van der Waals surface area (Å²) in [5.74, 6) is 0.445. The molecule has 0 saturated carbocycles. The molecule has 0 amide bonds. The summed E-state index contributed by atoms with van der Waals surface area (Å²) >= 11 is 1.50. The van der Waals surface area contributed by atoms with Crippen molar-refractivity contribution in [1.82, 2.24) is 0 Å². The number of aliphatic carboxylic acids is 1. The topological polar surface area (TPSA) is 63.6 Å². The Labute approximate surface area is 145 Å². The van der Waals surface area contributed by atoms with Crippen LogP contribution in [0.2, 0.25) is 0 Å². The summed E-state index contributed by atoms with van der Waals surface area (Å²) in [5, 5.41) is 8.75. The van der Waals surface area contributed by atoms with Crippen LogP contribution in [-0.4, -0.2) is 29.7 Å². The predicted molar refractivity (Wildman–Crippen MR) is 95.8 cm³/mol. The molecule has 1 unspecified atom stereocenters. The predicted octanol–water partition coefficient (Wildman–Crippen LogP) is 4.22. The summed E-state index contributed by atoms with van der Waals surface area (Å²) in [5.41, 5.74) is 1.67. The molecule has 0 fully saturated rings. The van der Waals surface area contributed by atoms with Crippen LogP contribution in [0.1, 0.15) is 34.0 Å². The van der Waals surface area contributed by atoms with Crippen LogP contribution >= 0.6 is 11.8 Å². The zero-order valence-electron chi connectivity index (χ0n) is 13.5. The maximum absolute atomic E-state index is 12.5. The fraction of sp³-hybridized carbons (Fsp3) is 0.263. The standard InChI is InChI=1S/C19H20O4S/c1-23-16-9-7-15(8-10-16)18(24-12-11-19(21)22)13-17(20)14-5-3-2-4-6-14/h2-10,18H,11-13H2,1H3,(H,21,22). The third-order valence-corrected chi connectivity index (χ3v) is 4.87. The first kappa shape index (κ1) is 18.1. The van der Waals surface area contributed by atoms with Crippen LogP contribution in [0.3, 0.4) is 0 Å². The number of carbonyl (C=O) groups excluding carboxylic acids is 1. The van der Waals surface area contributed by atoms with E-state index in [-0.39, 0.29) is 17.5 Å². The van der Waals surface area contributed by atoms with Crippen LogP contribution in [-0.2, 0) is 4.79 Å². The molecule has 0 radical (unpaired) electrons. The molecule has 0 aromatic heterocycles. The first-order chi connectivity index (χ1) is 11.6. The molecule has 24 heavy (non-hydrogen) atoms.